The summed E-state index contributed by atoms with van der Waals surface area (Å²) in [6, 6.07) is 9.38. The number of anilines is 3. The van der Waals surface area contributed by atoms with Crippen molar-refractivity contribution in [3.05, 3.63) is 54.1 Å². The zero-order chi connectivity index (χ0) is 22.4. The van der Waals surface area contributed by atoms with Gasteiger partial charge in [0, 0.05) is 49.7 Å². The summed E-state index contributed by atoms with van der Waals surface area (Å²) in [7, 11) is 0. The molecule has 1 aromatic carbocycles. The van der Waals surface area contributed by atoms with Crippen LogP contribution in [0.2, 0.25) is 0 Å². The second-order valence-electron chi connectivity index (χ2n) is 8.91. The number of nitrogens with zero attached hydrogens (tertiary/aromatic N) is 6. The van der Waals surface area contributed by atoms with Crippen molar-refractivity contribution in [2.45, 2.75) is 24.8 Å². The van der Waals surface area contributed by atoms with Gasteiger partial charge in [-0.1, -0.05) is 0 Å². The maximum absolute atomic E-state index is 13.5. The Morgan fingerprint density at radius 1 is 0.909 bits per heavy atom. The van der Waals surface area contributed by atoms with Gasteiger partial charge in [0.2, 0.25) is 17.8 Å². The molecule has 3 aromatic rings. The van der Waals surface area contributed by atoms with Crippen molar-refractivity contribution in [3.8, 4) is 5.69 Å². The Kier molecular flexibility index (Phi) is 5.18. The van der Waals surface area contributed by atoms with Crippen molar-refractivity contribution in [3.63, 3.8) is 0 Å². The molecule has 172 valence electrons. The SMILES string of the molecule is Fc1cc(-n2cnc(Nc3cc(C4CC4)cc(N4CCN(C5COC5)CC4)c3)n2)cc(F)n1. The van der Waals surface area contributed by atoms with Crippen LogP contribution in [0.25, 0.3) is 5.69 Å². The fraction of sp³-hybridized carbons (Fsp3) is 0.435. The summed E-state index contributed by atoms with van der Waals surface area (Å²) in [6.45, 7) is 5.74. The van der Waals surface area contributed by atoms with Crippen LogP contribution in [-0.4, -0.2) is 70.1 Å². The van der Waals surface area contributed by atoms with Gasteiger partial charge < -0.3 is 15.0 Å². The molecule has 1 saturated carbocycles. The second kappa shape index (κ2) is 8.35. The zero-order valence-corrected chi connectivity index (χ0v) is 18.1. The van der Waals surface area contributed by atoms with Crippen molar-refractivity contribution in [1.82, 2.24) is 24.6 Å². The molecule has 0 bridgehead atoms. The first-order chi connectivity index (χ1) is 16.1. The maximum atomic E-state index is 13.5. The highest BCUT2D eigenvalue weighted by molar-refractivity contribution is 5.65. The van der Waals surface area contributed by atoms with Crippen LogP contribution < -0.4 is 10.2 Å². The van der Waals surface area contributed by atoms with Gasteiger partial charge in [0.25, 0.3) is 0 Å². The molecule has 10 heteroatoms. The minimum atomic E-state index is -0.901. The van der Waals surface area contributed by atoms with Crippen molar-refractivity contribution >= 4 is 17.3 Å². The van der Waals surface area contributed by atoms with E-state index in [9.17, 15) is 8.78 Å². The quantitative estimate of drug-likeness (QED) is 0.575. The van der Waals surface area contributed by atoms with E-state index in [4.69, 9.17) is 4.74 Å². The highest BCUT2D eigenvalue weighted by Gasteiger charge is 2.30. The molecule has 4 heterocycles. The van der Waals surface area contributed by atoms with Crippen molar-refractivity contribution in [2.75, 3.05) is 49.6 Å². The van der Waals surface area contributed by atoms with Crippen LogP contribution >= 0.6 is 0 Å². The Labute approximate surface area is 190 Å². The summed E-state index contributed by atoms with van der Waals surface area (Å²) in [4.78, 5) is 12.3. The van der Waals surface area contributed by atoms with Gasteiger partial charge in [-0.2, -0.15) is 18.7 Å². The lowest BCUT2D eigenvalue weighted by Crippen LogP contribution is -2.56. The second-order valence-corrected chi connectivity index (χ2v) is 8.91. The van der Waals surface area contributed by atoms with Crippen molar-refractivity contribution < 1.29 is 13.5 Å². The number of pyridine rings is 1. The molecule has 6 rings (SSSR count). The Morgan fingerprint density at radius 3 is 2.33 bits per heavy atom. The molecule has 1 aliphatic carbocycles. The first-order valence-corrected chi connectivity index (χ1v) is 11.3. The number of benzene rings is 1. The Bertz CT molecular complexity index is 1130. The summed E-state index contributed by atoms with van der Waals surface area (Å²) in [6.07, 6.45) is 3.85. The van der Waals surface area contributed by atoms with E-state index >= 15 is 0 Å². The van der Waals surface area contributed by atoms with Crippen LogP contribution in [0.3, 0.4) is 0 Å². The standard InChI is InChI=1S/C23H25F2N7O/c24-21-10-19(11-22(25)28-21)32-14-26-23(29-32)27-17-7-16(15-1-2-15)8-18(9-17)30-3-5-31(6-4-30)20-12-33-13-20/h7-11,14-15,20H,1-6,12-13H2,(H,27,29). The number of aromatic nitrogens is 4. The highest BCUT2D eigenvalue weighted by Crippen LogP contribution is 2.42. The van der Waals surface area contributed by atoms with E-state index < -0.39 is 11.9 Å². The topological polar surface area (TPSA) is 71.3 Å². The third-order valence-corrected chi connectivity index (χ3v) is 6.57. The van der Waals surface area contributed by atoms with E-state index in [1.807, 2.05) is 0 Å². The molecule has 2 aromatic heterocycles. The number of hydrogen-bond donors (Lipinski definition) is 1. The molecule has 2 saturated heterocycles. The fourth-order valence-electron chi connectivity index (χ4n) is 4.48. The lowest BCUT2D eigenvalue weighted by Gasteiger charge is -2.43. The number of piperazine rings is 1. The van der Waals surface area contributed by atoms with E-state index in [-0.39, 0.29) is 5.69 Å². The van der Waals surface area contributed by atoms with Gasteiger partial charge in [-0.25, -0.2) is 4.68 Å². The highest BCUT2D eigenvalue weighted by atomic mass is 19.1. The van der Waals surface area contributed by atoms with Gasteiger partial charge >= 0.3 is 0 Å². The minimum Gasteiger partial charge on any atom is -0.378 e. The number of ether oxygens (including phenoxy) is 1. The van der Waals surface area contributed by atoms with Gasteiger partial charge in [0.05, 0.1) is 24.9 Å². The average Bonchev–Trinajstić information content (AvgIpc) is 3.51. The largest absolute Gasteiger partial charge is 0.378 e. The Hall–Kier alpha value is -3.11. The average molecular weight is 453 g/mol. The molecule has 1 N–H and O–H groups in total. The molecule has 33 heavy (non-hydrogen) atoms. The summed E-state index contributed by atoms with van der Waals surface area (Å²) in [5, 5.41) is 7.61. The summed E-state index contributed by atoms with van der Waals surface area (Å²) in [5.74, 6) is -0.836. The van der Waals surface area contributed by atoms with E-state index in [1.54, 1.807) is 0 Å². The predicted molar refractivity (Wildman–Crippen MR) is 119 cm³/mol. The van der Waals surface area contributed by atoms with Crippen LogP contribution in [0, 0.1) is 11.9 Å². The normalized spacial score (nSPS) is 19.5. The molecular weight excluding hydrogens is 428 g/mol. The van der Waals surface area contributed by atoms with Crippen LogP contribution in [-0.2, 0) is 4.74 Å². The lowest BCUT2D eigenvalue weighted by molar-refractivity contribution is -0.0660. The summed E-state index contributed by atoms with van der Waals surface area (Å²) in [5.41, 5.74) is 3.66. The number of rotatable bonds is 6. The molecule has 0 unspecified atom stereocenters. The lowest BCUT2D eigenvalue weighted by atomic mass is 10.1. The fourth-order valence-corrected chi connectivity index (χ4v) is 4.48. The van der Waals surface area contributed by atoms with Gasteiger partial charge in [-0.3, -0.25) is 4.90 Å². The molecule has 0 spiro atoms. The Morgan fingerprint density at radius 2 is 1.67 bits per heavy atom. The minimum absolute atomic E-state index is 0.225. The van der Waals surface area contributed by atoms with Gasteiger partial charge in [0.1, 0.15) is 6.33 Å². The predicted octanol–water partition coefficient (Wildman–Crippen LogP) is 3.08. The zero-order valence-electron chi connectivity index (χ0n) is 18.1. The number of halogens is 2. The van der Waals surface area contributed by atoms with E-state index in [0.717, 1.165) is 57.2 Å². The molecule has 3 aliphatic rings. The third kappa shape index (κ3) is 4.40. The smallest absolute Gasteiger partial charge is 0.246 e. The summed E-state index contributed by atoms with van der Waals surface area (Å²) >= 11 is 0. The van der Waals surface area contributed by atoms with Gasteiger partial charge in [-0.15, -0.1) is 5.10 Å². The first-order valence-electron chi connectivity index (χ1n) is 11.3. The molecule has 0 atom stereocenters. The van der Waals surface area contributed by atoms with Crippen molar-refractivity contribution in [1.29, 1.82) is 0 Å². The van der Waals surface area contributed by atoms with Crippen molar-refractivity contribution in [2.24, 2.45) is 0 Å². The van der Waals surface area contributed by atoms with E-state index in [2.05, 4.69) is 48.4 Å². The van der Waals surface area contributed by atoms with E-state index in [1.165, 1.54) is 35.1 Å². The monoisotopic (exact) mass is 453 g/mol. The third-order valence-electron chi connectivity index (χ3n) is 6.57. The first kappa shape index (κ1) is 20.5. The Balaban J connectivity index is 1.21. The van der Waals surface area contributed by atoms with Crippen LogP contribution in [0.5, 0.6) is 0 Å². The number of hydrogen-bond acceptors (Lipinski definition) is 7. The molecule has 3 fully saturated rings. The maximum Gasteiger partial charge on any atom is 0.246 e. The number of nitrogens with one attached hydrogen (secondary N) is 1. The molecule has 0 amide bonds. The van der Waals surface area contributed by atoms with Gasteiger partial charge in [0.15, 0.2) is 0 Å². The molecule has 2 aliphatic heterocycles. The van der Waals surface area contributed by atoms with Gasteiger partial charge in [-0.05, 0) is 42.5 Å². The van der Waals surface area contributed by atoms with Crippen LogP contribution in [0.4, 0.5) is 26.1 Å². The van der Waals surface area contributed by atoms with E-state index in [0.29, 0.717) is 17.9 Å². The molecule has 8 nitrogen and oxygen atoms in total. The molecular formula is C23H25F2N7O. The van der Waals surface area contributed by atoms with Crippen LogP contribution in [0.15, 0.2) is 36.7 Å². The summed E-state index contributed by atoms with van der Waals surface area (Å²) < 4.78 is 33.6. The molecule has 0 radical (unpaired) electrons. The van der Waals surface area contributed by atoms with Crippen LogP contribution in [0.1, 0.15) is 24.3 Å².